The van der Waals surface area contributed by atoms with E-state index < -0.39 is 11.5 Å². The van der Waals surface area contributed by atoms with Crippen molar-refractivity contribution in [2.24, 2.45) is 0 Å². The highest BCUT2D eigenvalue weighted by Gasteiger charge is 2.28. The topological polar surface area (TPSA) is 52.4 Å². The second-order valence-corrected chi connectivity index (χ2v) is 6.53. The molecule has 0 spiro atoms. The number of hydrogen-bond acceptors (Lipinski definition) is 5. The summed E-state index contributed by atoms with van der Waals surface area (Å²) >= 11 is 0. The van der Waals surface area contributed by atoms with E-state index in [1.165, 1.54) is 13.3 Å². The second kappa shape index (κ2) is 7.55. The molecule has 2 aromatic heterocycles. The fourth-order valence-electron chi connectivity index (χ4n) is 2.38. The Morgan fingerprint density at radius 3 is 2.64 bits per heavy atom. The molecule has 6 nitrogen and oxygen atoms in total. The third kappa shape index (κ3) is 4.29. The number of halogens is 1. The molecule has 0 aromatic carbocycles. The molecule has 0 saturated heterocycles. The Kier molecular flexibility index (Phi) is 5.66. The largest absolute Gasteiger partial charge is 0.478 e. The van der Waals surface area contributed by atoms with Gasteiger partial charge < -0.3 is 14.4 Å². The summed E-state index contributed by atoms with van der Waals surface area (Å²) in [6.07, 6.45) is 3.92. The van der Waals surface area contributed by atoms with Crippen molar-refractivity contribution in [3.05, 3.63) is 42.9 Å². The molecule has 0 aliphatic rings. The maximum Gasteiger partial charge on any atom is 0.260 e. The SMILES string of the molecule is C=C(OC(C)(C)C)N(CCC)c1c(OC)nn(-c2cccnc2)c1F. The molecule has 0 bridgehead atoms. The van der Waals surface area contributed by atoms with Gasteiger partial charge in [-0.2, -0.15) is 9.07 Å². The van der Waals surface area contributed by atoms with Gasteiger partial charge in [0.05, 0.1) is 19.0 Å². The van der Waals surface area contributed by atoms with Crippen molar-refractivity contribution in [2.45, 2.75) is 39.7 Å². The van der Waals surface area contributed by atoms with Crippen molar-refractivity contribution >= 4 is 5.69 Å². The average molecular weight is 348 g/mol. The average Bonchev–Trinajstić information content (AvgIpc) is 2.88. The molecule has 0 radical (unpaired) electrons. The summed E-state index contributed by atoms with van der Waals surface area (Å²) in [6.45, 7) is 12.2. The molecule has 0 amide bonds. The quantitative estimate of drug-likeness (QED) is 0.710. The van der Waals surface area contributed by atoms with Crippen LogP contribution in [-0.4, -0.2) is 34.0 Å². The third-order valence-corrected chi connectivity index (χ3v) is 3.30. The van der Waals surface area contributed by atoms with E-state index in [9.17, 15) is 0 Å². The summed E-state index contributed by atoms with van der Waals surface area (Å²) < 4.78 is 27.5. The molecule has 7 heteroatoms. The lowest BCUT2D eigenvalue weighted by Gasteiger charge is -2.30. The summed E-state index contributed by atoms with van der Waals surface area (Å²) in [4.78, 5) is 5.66. The Labute approximate surface area is 147 Å². The van der Waals surface area contributed by atoms with Gasteiger partial charge in [-0.25, -0.2) is 0 Å². The van der Waals surface area contributed by atoms with Gasteiger partial charge in [-0.1, -0.05) is 6.92 Å². The van der Waals surface area contributed by atoms with Gasteiger partial charge in [-0.15, -0.1) is 5.10 Å². The molecule has 0 fully saturated rings. The Bertz CT molecular complexity index is 723. The van der Waals surface area contributed by atoms with Crippen molar-refractivity contribution < 1.29 is 13.9 Å². The monoisotopic (exact) mass is 348 g/mol. The highest BCUT2D eigenvalue weighted by Crippen LogP contribution is 2.35. The van der Waals surface area contributed by atoms with Crippen LogP contribution in [0.3, 0.4) is 0 Å². The number of anilines is 1. The summed E-state index contributed by atoms with van der Waals surface area (Å²) in [5.74, 6) is -0.0530. The van der Waals surface area contributed by atoms with Crippen molar-refractivity contribution in [1.82, 2.24) is 14.8 Å². The van der Waals surface area contributed by atoms with Gasteiger partial charge in [0.2, 0.25) is 5.95 Å². The van der Waals surface area contributed by atoms with Gasteiger partial charge in [-0.05, 0) is 45.9 Å². The molecule has 2 aromatic rings. The molecule has 0 aliphatic heterocycles. The highest BCUT2D eigenvalue weighted by molar-refractivity contribution is 5.59. The molecular formula is C18H25FN4O2. The van der Waals surface area contributed by atoms with Crippen LogP contribution >= 0.6 is 0 Å². The molecular weight excluding hydrogens is 323 g/mol. The van der Waals surface area contributed by atoms with Gasteiger partial charge in [-0.3, -0.25) is 4.98 Å². The van der Waals surface area contributed by atoms with E-state index in [0.717, 1.165) is 11.1 Å². The minimum absolute atomic E-state index is 0.161. The van der Waals surface area contributed by atoms with Crippen molar-refractivity contribution in [3.63, 3.8) is 0 Å². The first-order valence-corrected chi connectivity index (χ1v) is 8.16. The maximum atomic E-state index is 15.2. The zero-order chi connectivity index (χ0) is 18.6. The molecule has 136 valence electrons. The van der Waals surface area contributed by atoms with Crippen molar-refractivity contribution in [2.75, 3.05) is 18.6 Å². The van der Waals surface area contributed by atoms with E-state index in [4.69, 9.17) is 9.47 Å². The van der Waals surface area contributed by atoms with E-state index in [1.807, 2.05) is 27.7 Å². The van der Waals surface area contributed by atoms with Crippen LogP contribution in [0.4, 0.5) is 10.1 Å². The molecule has 2 heterocycles. The lowest BCUT2D eigenvalue weighted by molar-refractivity contribution is 0.0487. The van der Waals surface area contributed by atoms with Gasteiger partial charge in [0.1, 0.15) is 5.60 Å². The van der Waals surface area contributed by atoms with E-state index in [0.29, 0.717) is 18.1 Å². The summed E-state index contributed by atoms with van der Waals surface area (Å²) in [7, 11) is 1.45. The maximum absolute atomic E-state index is 15.2. The minimum atomic E-state index is -0.558. The van der Waals surface area contributed by atoms with Gasteiger partial charge in [0.15, 0.2) is 11.6 Å². The standard InChI is InChI=1S/C18H25FN4O2/c1-7-11-22(13(2)25-18(3,4)5)15-16(19)23(21-17(15)24-6)14-9-8-10-20-12-14/h8-10,12H,2,7,11H2,1,3-6H3. The van der Waals surface area contributed by atoms with Crippen LogP contribution in [0.25, 0.3) is 5.69 Å². The number of hydrogen-bond donors (Lipinski definition) is 0. The van der Waals surface area contributed by atoms with Crippen LogP contribution in [0.1, 0.15) is 34.1 Å². The van der Waals surface area contributed by atoms with Crippen LogP contribution in [0.2, 0.25) is 0 Å². The number of nitrogens with zero attached hydrogens (tertiary/aromatic N) is 4. The smallest absolute Gasteiger partial charge is 0.260 e. The van der Waals surface area contributed by atoms with E-state index in [-0.39, 0.29) is 11.6 Å². The predicted molar refractivity (Wildman–Crippen MR) is 95.5 cm³/mol. The van der Waals surface area contributed by atoms with E-state index in [2.05, 4.69) is 16.7 Å². The molecule has 2 rings (SSSR count). The fourth-order valence-corrected chi connectivity index (χ4v) is 2.38. The Hall–Kier alpha value is -2.57. The van der Waals surface area contributed by atoms with Crippen LogP contribution in [0, 0.1) is 5.95 Å². The first-order chi connectivity index (χ1) is 11.8. The molecule has 0 saturated carbocycles. The Balaban J connectivity index is 2.50. The molecule has 0 N–H and O–H groups in total. The zero-order valence-electron chi connectivity index (χ0n) is 15.4. The zero-order valence-corrected chi connectivity index (χ0v) is 15.4. The van der Waals surface area contributed by atoms with Crippen LogP contribution in [-0.2, 0) is 4.74 Å². The van der Waals surface area contributed by atoms with Crippen molar-refractivity contribution in [1.29, 1.82) is 0 Å². The summed E-state index contributed by atoms with van der Waals surface area (Å²) in [6, 6.07) is 3.44. The number of methoxy groups -OCH3 is 1. The summed E-state index contributed by atoms with van der Waals surface area (Å²) in [5.41, 5.74) is 0.248. The number of rotatable bonds is 7. The molecule has 0 unspecified atom stereocenters. The van der Waals surface area contributed by atoms with Gasteiger partial charge in [0, 0.05) is 12.7 Å². The van der Waals surface area contributed by atoms with Gasteiger partial charge in [0.25, 0.3) is 5.88 Å². The first kappa shape index (κ1) is 18.8. The van der Waals surface area contributed by atoms with Crippen molar-refractivity contribution in [3.8, 4) is 11.6 Å². The minimum Gasteiger partial charge on any atom is -0.478 e. The number of pyridine rings is 1. The van der Waals surface area contributed by atoms with E-state index in [1.54, 1.807) is 23.2 Å². The second-order valence-electron chi connectivity index (χ2n) is 6.53. The predicted octanol–water partition coefficient (Wildman–Crippen LogP) is 3.92. The molecule has 0 aliphatic carbocycles. The molecule has 0 atom stereocenters. The lowest BCUT2D eigenvalue weighted by atomic mass is 10.2. The first-order valence-electron chi connectivity index (χ1n) is 8.16. The Morgan fingerprint density at radius 1 is 1.40 bits per heavy atom. The van der Waals surface area contributed by atoms with E-state index >= 15 is 4.39 Å². The number of ether oxygens (including phenoxy) is 2. The normalized spacial score (nSPS) is 11.3. The Morgan fingerprint density at radius 2 is 2.12 bits per heavy atom. The summed E-state index contributed by atoms with van der Waals surface area (Å²) in [5, 5.41) is 4.22. The lowest BCUT2D eigenvalue weighted by Crippen LogP contribution is -2.31. The highest BCUT2D eigenvalue weighted by atomic mass is 19.1. The molecule has 25 heavy (non-hydrogen) atoms. The third-order valence-electron chi connectivity index (χ3n) is 3.30. The fraction of sp³-hybridized carbons (Fsp3) is 0.444. The number of aromatic nitrogens is 3. The van der Waals surface area contributed by atoms with Crippen LogP contribution in [0.15, 0.2) is 37.0 Å². The van der Waals surface area contributed by atoms with Crippen LogP contribution < -0.4 is 9.64 Å². The van der Waals surface area contributed by atoms with Gasteiger partial charge >= 0.3 is 0 Å². The van der Waals surface area contributed by atoms with Crippen LogP contribution in [0.5, 0.6) is 5.88 Å².